The summed E-state index contributed by atoms with van der Waals surface area (Å²) in [6.45, 7) is 7.29. The average Bonchev–Trinajstić information content (AvgIpc) is 3.14. The number of unbranched alkanes of at least 4 members (excludes halogenated alkanes) is 2. The van der Waals surface area contributed by atoms with E-state index in [-0.39, 0.29) is 11.7 Å². The van der Waals surface area contributed by atoms with Gasteiger partial charge in [0.1, 0.15) is 5.82 Å². The van der Waals surface area contributed by atoms with Gasteiger partial charge in [0, 0.05) is 39.8 Å². The molecule has 2 saturated heterocycles. The average molecular weight is 431 g/mol. The third-order valence-corrected chi connectivity index (χ3v) is 6.34. The Kier molecular flexibility index (Phi) is 6.41. The topological polar surface area (TPSA) is 71.5 Å². The molecule has 1 N–H and O–H groups in total. The Balaban J connectivity index is 1.52. The highest BCUT2D eigenvalue weighted by molar-refractivity contribution is 6.03. The first-order valence-electron chi connectivity index (χ1n) is 11.1. The van der Waals surface area contributed by atoms with Gasteiger partial charge in [0.2, 0.25) is 0 Å². The number of likely N-dealkylation sites (N-methyl/N-ethyl adjacent to an activating group) is 1. The van der Waals surface area contributed by atoms with Gasteiger partial charge in [0.05, 0.1) is 0 Å². The molecule has 3 aliphatic rings. The molecule has 1 aromatic rings. The van der Waals surface area contributed by atoms with E-state index in [9.17, 15) is 14.0 Å². The van der Waals surface area contributed by atoms with E-state index in [1.807, 2.05) is 4.90 Å². The summed E-state index contributed by atoms with van der Waals surface area (Å²) in [5.41, 5.74) is 0.889. The van der Waals surface area contributed by atoms with Gasteiger partial charge in [-0.05, 0) is 30.7 Å². The minimum Gasteiger partial charge on any atom is -0.340 e. The molecule has 0 bridgehead atoms. The van der Waals surface area contributed by atoms with Crippen LogP contribution in [-0.4, -0.2) is 89.5 Å². The Morgan fingerprint density at radius 2 is 1.81 bits per heavy atom. The van der Waals surface area contributed by atoms with Crippen molar-refractivity contribution in [1.82, 2.24) is 24.9 Å². The second-order valence-electron chi connectivity index (χ2n) is 8.48. The summed E-state index contributed by atoms with van der Waals surface area (Å²) in [7, 11) is 1.66. The molecule has 2 atom stereocenters. The second kappa shape index (κ2) is 9.21. The number of carbonyl (C=O) groups is 2. The van der Waals surface area contributed by atoms with Crippen LogP contribution in [0.1, 0.15) is 31.7 Å². The summed E-state index contributed by atoms with van der Waals surface area (Å²) in [6.07, 6.45) is 3.12. The number of aliphatic imine (C=N–C) groups is 1. The SMILES string of the molecule is CCCCCN1CCN(C2=NC3C(C(=O)NC(=O)N3C)N2Cc2ccc(F)cc2)CC1. The van der Waals surface area contributed by atoms with E-state index >= 15 is 0 Å². The first-order chi connectivity index (χ1) is 15.0. The van der Waals surface area contributed by atoms with Crippen LogP contribution in [-0.2, 0) is 11.3 Å². The van der Waals surface area contributed by atoms with E-state index in [4.69, 9.17) is 4.99 Å². The molecule has 0 spiro atoms. The van der Waals surface area contributed by atoms with Crippen LogP contribution in [0.3, 0.4) is 0 Å². The molecule has 9 heteroatoms. The van der Waals surface area contributed by atoms with Crippen LogP contribution in [0.15, 0.2) is 29.3 Å². The fraction of sp³-hybridized carbons (Fsp3) is 0.591. The number of nitrogens with zero attached hydrogens (tertiary/aromatic N) is 5. The Morgan fingerprint density at radius 3 is 2.48 bits per heavy atom. The quantitative estimate of drug-likeness (QED) is 0.696. The number of guanidine groups is 1. The number of urea groups is 1. The Bertz CT molecular complexity index is 837. The van der Waals surface area contributed by atoms with Gasteiger partial charge in [-0.25, -0.2) is 14.2 Å². The molecular weight excluding hydrogens is 399 g/mol. The highest BCUT2D eigenvalue weighted by Gasteiger charge is 2.49. The largest absolute Gasteiger partial charge is 0.340 e. The van der Waals surface area contributed by atoms with Crippen molar-refractivity contribution in [1.29, 1.82) is 0 Å². The summed E-state index contributed by atoms with van der Waals surface area (Å²) < 4.78 is 13.4. The molecule has 0 radical (unpaired) electrons. The first-order valence-corrected chi connectivity index (χ1v) is 11.1. The highest BCUT2D eigenvalue weighted by Crippen LogP contribution is 2.27. The van der Waals surface area contributed by atoms with Gasteiger partial charge in [-0.2, -0.15) is 0 Å². The molecule has 0 aliphatic carbocycles. The number of hydrogen-bond acceptors (Lipinski definition) is 6. The van der Waals surface area contributed by atoms with Crippen LogP contribution in [0.4, 0.5) is 9.18 Å². The molecule has 3 amide bonds. The van der Waals surface area contributed by atoms with Crippen LogP contribution < -0.4 is 5.32 Å². The van der Waals surface area contributed by atoms with Crippen LogP contribution in [0.5, 0.6) is 0 Å². The smallest absolute Gasteiger partial charge is 0.325 e. The number of piperazine rings is 1. The number of hydrogen-bond donors (Lipinski definition) is 1. The second-order valence-corrected chi connectivity index (χ2v) is 8.48. The number of amides is 3. The lowest BCUT2D eigenvalue weighted by atomic mass is 10.1. The molecule has 2 fully saturated rings. The van der Waals surface area contributed by atoms with E-state index in [1.54, 1.807) is 19.2 Å². The molecular formula is C22H31FN6O2. The number of benzene rings is 1. The zero-order chi connectivity index (χ0) is 22.0. The number of halogens is 1. The van der Waals surface area contributed by atoms with E-state index in [1.165, 1.54) is 36.3 Å². The van der Waals surface area contributed by atoms with E-state index in [0.717, 1.165) is 44.2 Å². The lowest BCUT2D eigenvalue weighted by Crippen LogP contribution is -2.64. The monoisotopic (exact) mass is 430 g/mol. The van der Waals surface area contributed by atoms with Crippen molar-refractivity contribution < 1.29 is 14.0 Å². The minimum absolute atomic E-state index is 0.295. The van der Waals surface area contributed by atoms with E-state index in [2.05, 4.69) is 22.0 Å². The third kappa shape index (κ3) is 4.51. The number of imide groups is 1. The van der Waals surface area contributed by atoms with Crippen LogP contribution in [0.25, 0.3) is 0 Å². The van der Waals surface area contributed by atoms with E-state index < -0.39 is 18.2 Å². The Labute approximate surface area is 182 Å². The summed E-state index contributed by atoms with van der Waals surface area (Å²) in [5.74, 6) is 0.105. The predicted octanol–water partition coefficient (Wildman–Crippen LogP) is 1.68. The van der Waals surface area contributed by atoms with Gasteiger partial charge in [-0.15, -0.1) is 0 Å². The van der Waals surface area contributed by atoms with Crippen molar-refractivity contribution in [2.45, 2.75) is 44.9 Å². The maximum absolute atomic E-state index is 13.4. The third-order valence-electron chi connectivity index (χ3n) is 6.34. The standard InChI is InChI=1S/C22H31FN6O2/c1-3-4-5-10-27-11-13-28(14-12-27)21-24-19-18(20(30)25-22(31)26(19)2)29(21)15-16-6-8-17(23)9-7-16/h6-9,18-19H,3-5,10-15H2,1-2H3,(H,25,30,31). The van der Waals surface area contributed by atoms with Crippen molar-refractivity contribution in [2.75, 3.05) is 39.8 Å². The van der Waals surface area contributed by atoms with Gasteiger partial charge in [-0.1, -0.05) is 31.9 Å². The van der Waals surface area contributed by atoms with Gasteiger partial charge < -0.3 is 14.7 Å². The Hall–Kier alpha value is -2.68. The van der Waals surface area contributed by atoms with Crippen LogP contribution in [0.2, 0.25) is 0 Å². The molecule has 3 aliphatic heterocycles. The molecule has 3 heterocycles. The number of carbonyl (C=O) groups excluding carboxylic acids is 2. The summed E-state index contributed by atoms with van der Waals surface area (Å²) in [4.78, 5) is 37.9. The fourth-order valence-corrected chi connectivity index (χ4v) is 4.49. The molecule has 4 rings (SSSR count). The molecule has 0 saturated carbocycles. The van der Waals surface area contributed by atoms with Gasteiger partial charge in [0.15, 0.2) is 18.2 Å². The summed E-state index contributed by atoms with van der Waals surface area (Å²) in [5, 5.41) is 2.43. The zero-order valence-corrected chi connectivity index (χ0v) is 18.3. The van der Waals surface area contributed by atoms with Gasteiger partial charge in [0.25, 0.3) is 5.91 Å². The molecule has 31 heavy (non-hydrogen) atoms. The summed E-state index contributed by atoms with van der Waals surface area (Å²) in [6, 6.07) is 5.27. The molecule has 168 valence electrons. The lowest BCUT2D eigenvalue weighted by molar-refractivity contribution is -0.127. The molecule has 2 unspecified atom stereocenters. The molecule has 0 aromatic heterocycles. The van der Waals surface area contributed by atoms with Crippen LogP contribution >= 0.6 is 0 Å². The lowest BCUT2D eigenvalue weighted by Gasteiger charge is -2.40. The summed E-state index contributed by atoms with van der Waals surface area (Å²) >= 11 is 0. The first kappa shape index (κ1) is 21.5. The normalized spacial score (nSPS) is 24.4. The van der Waals surface area contributed by atoms with Gasteiger partial charge >= 0.3 is 6.03 Å². The minimum atomic E-state index is -0.592. The van der Waals surface area contributed by atoms with Crippen molar-refractivity contribution in [3.8, 4) is 0 Å². The van der Waals surface area contributed by atoms with E-state index in [0.29, 0.717) is 6.54 Å². The number of nitrogens with one attached hydrogen (secondary N) is 1. The van der Waals surface area contributed by atoms with Crippen LogP contribution in [0, 0.1) is 5.82 Å². The highest BCUT2D eigenvalue weighted by atomic mass is 19.1. The Morgan fingerprint density at radius 1 is 1.10 bits per heavy atom. The van der Waals surface area contributed by atoms with Crippen molar-refractivity contribution in [2.24, 2.45) is 4.99 Å². The van der Waals surface area contributed by atoms with Gasteiger partial charge in [-0.3, -0.25) is 15.0 Å². The van der Waals surface area contributed by atoms with Crippen molar-refractivity contribution in [3.63, 3.8) is 0 Å². The maximum atomic E-state index is 13.4. The zero-order valence-electron chi connectivity index (χ0n) is 18.3. The predicted molar refractivity (Wildman–Crippen MR) is 116 cm³/mol. The number of rotatable bonds is 6. The molecule has 8 nitrogen and oxygen atoms in total. The fourth-order valence-electron chi connectivity index (χ4n) is 4.49. The number of fused-ring (bicyclic) bond motifs is 1. The van der Waals surface area contributed by atoms with Crippen molar-refractivity contribution >= 4 is 17.9 Å². The maximum Gasteiger partial charge on any atom is 0.325 e. The van der Waals surface area contributed by atoms with Crippen molar-refractivity contribution in [3.05, 3.63) is 35.6 Å². The molecule has 1 aromatic carbocycles.